The molecule has 1 aromatic heterocycles. The van der Waals surface area contributed by atoms with E-state index in [1.165, 1.54) is 7.11 Å². The number of hydrogen-bond acceptors (Lipinski definition) is 5. The molecule has 1 aromatic rings. The van der Waals surface area contributed by atoms with Gasteiger partial charge in [0.15, 0.2) is 0 Å². The molecule has 1 saturated heterocycles. The van der Waals surface area contributed by atoms with E-state index >= 15 is 0 Å². The molecule has 0 aliphatic carbocycles. The van der Waals surface area contributed by atoms with Crippen molar-refractivity contribution in [3.63, 3.8) is 0 Å². The molecule has 1 N–H and O–H groups in total. The fourth-order valence-electron chi connectivity index (χ4n) is 2.44. The van der Waals surface area contributed by atoms with Crippen molar-refractivity contribution < 1.29 is 13.2 Å². The number of aromatic nitrogens is 1. The number of likely N-dealkylation sites (tertiary alicyclic amines) is 1. The van der Waals surface area contributed by atoms with Gasteiger partial charge in [-0.05, 0) is 25.0 Å². The number of methoxy groups -OCH3 is 1. The summed E-state index contributed by atoms with van der Waals surface area (Å²) in [7, 11) is -1.72. The molecule has 2 heterocycles. The Hall–Kier alpha value is -1.02. The van der Waals surface area contributed by atoms with E-state index in [9.17, 15) is 8.42 Å². The molecule has 1 aliphatic heterocycles. The number of hydrogen-bond donors (Lipinski definition) is 1. The summed E-state index contributed by atoms with van der Waals surface area (Å²) < 4.78 is 31.2. The third-order valence-corrected chi connectivity index (χ3v) is 5.00. The fourth-order valence-corrected chi connectivity index (χ4v) is 3.68. The van der Waals surface area contributed by atoms with Crippen molar-refractivity contribution in [2.24, 2.45) is 0 Å². The average molecular weight is 313 g/mol. The van der Waals surface area contributed by atoms with E-state index in [1.54, 1.807) is 6.20 Å². The third kappa shape index (κ3) is 5.70. The number of nitrogens with one attached hydrogen (secondary N) is 1. The molecule has 0 bridgehead atoms. The second-order valence-electron chi connectivity index (χ2n) is 5.30. The van der Waals surface area contributed by atoms with Gasteiger partial charge in [0.25, 0.3) is 0 Å². The molecular weight excluding hydrogens is 290 g/mol. The van der Waals surface area contributed by atoms with E-state index in [0.29, 0.717) is 0 Å². The van der Waals surface area contributed by atoms with Crippen molar-refractivity contribution in [2.75, 3.05) is 32.6 Å². The van der Waals surface area contributed by atoms with Crippen LogP contribution in [0.5, 0.6) is 0 Å². The molecule has 0 unspecified atom stereocenters. The lowest BCUT2D eigenvalue weighted by Gasteiger charge is -2.31. The fraction of sp³-hybridized carbons (Fsp3) is 0.643. The smallest absolute Gasteiger partial charge is 0.214 e. The van der Waals surface area contributed by atoms with Crippen molar-refractivity contribution in [2.45, 2.75) is 25.4 Å². The predicted octanol–water partition coefficient (Wildman–Crippen LogP) is 0.612. The average Bonchev–Trinajstić information content (AvgIpc) is 2.48. The Balaban J connectivity index is 1.75. The van der Waals surface area contributed by atoms with Gasteiger partial charge in [0.05, 0.1) is 18.1 Å². The van der Waals surface area contributed by atoms with Gasteiger partial charge in [-0.2, -0.15) is 0 Å². The zero-order valence-corrected chi connectivity index (χ0v) is 13.2. The van der Waals surface area contributed by atoms with E-state index in [0.717, 1.165) is 38.2 Å². The largest absolute Gasteiger partial charge is 0.384 e. The first-order valence-electron chi connectivity index (χ1n) is 7.20. The second-order valence-corrected chi connectivity index (χ2v) is 7.17. The molecule has 118 valence electrons. The molecular formula is C14H23N3O3S. The molecule has 0 saturated carbocycles. The number of pyridine rings is 1. The monoisotopic (exact) mass is 313 g/mol. The van der Waals surface area contributed by atoms with Crippen LogP contribution < -0.4 is 4.72 Å². The molecule has 1 aliphatic rings. The van der Waals surface area contributed by atoms with Gasteiger partial charge in [-0.15, -0.1) is 0 Å². The Morgan fingerprint density at radius 1 is 1.38 bits per heavy atom. The van der Waals surface area contributed by atoms with Gasteiger partial charge in [-0.3, -0.25) is 9.88 Å². The minimum atomic E-state index is -3.23. The normalized spacial score (nSPS) is 18.0. The lowest BCUT2D eigenvalue weighted by Crippen LogP contribution is -2.45. The van der Waals surface area contributed by atoms with Crippen LogP contribution in [0.25, 0.3) is 0 Å². The zero-order chi connectivity index (χ0) is 15.1. The van der Waals surface area contributed by atoms with E-state index in [4.69, 9.17) is 4.74 Å². The van der Waals surface area contributed by atoms with Crippen LogP contribution in [0.2, 0.25) is 0 Å². The lowest BCUT2D eigenvalue weighted by atomic mass is 10.1. The molecule has 2 rings (SSSR count). The minimum Gasteiger partial charge on any atom is -0.384 e. The number of nitrogens with zero attached hydrogens (tertiary/aromatic N) is 2. The highest BCUT2D eigenvalue weighted by Crippen LogP contribution is 2.13. The Morgan fingerprint density at radius 2 is 2.14 bits per heavy atom. The van der Waals surface area contributed by atoms with Gasteiger partial charge >= 0.3 is 0 Å². The summed E-state index contributed by atoms with van der Waals surface area (Å²) >= 11 is 0. The first-order valence-corrected chi connectivity index (χ1v) is 8.85. The molecule has 6 nitrogen and oxygen atoms in total. The van der Waals surface area contributed by atoms with E-state index in [1.807, 2.05) is 18.2 Å². The predicted molar refractivity (Wildman–Crippen MR) is 81.3 cm³/mol. The van der Waals surface area contributed by atoms with Crippen molar-refractivity contribution in [1.82, 2.24) is 14.6 Å². The summed E-state index contributed by atoms with van der Waals surface area (Å²) in [5, 5.41) is 0. The van der Waals surface area contributed by atoms with Gasteiger partial charge in [-0.1, -0.05) is 6.07 Å². The highest BCUT2D eigenvalue weighted by atomic mass is 32.2. The minimum absolute atomic E-state index is 0.0254. The Labute approximate surface area is 126 Å². The molecule has 7 heteroatoms. The molecule has 0 aromatic carbocycles. The SMILES string of the molecule is COCCS(=O)(=O)NC1CCN(Cc2ccccn2)CC1. The molecule has 1 fully saturated rings. The number of ether oxygens (including phenoxy) is 1. The van der Waals surface area contributed by atoms with Crippen LogP contribution in [-0.4, -0.2) is 56.9 Å². The summed E-state index contributed by atoms with van der Waals surface area (Å²) in [6.07, 6.45) is 3.46. The van der Waals surface area contributed by atoms with Crippen LogP contribution in [-0.2, 0) is 21.3 Å². The maximum atomic E-state index is 11.8. The molecule has 0 atom stereocenters. The quantitative estimate of drug-likeness (QED) is 0.799. The molecule has 21 heavy (non-hydrogen) atoms. The van der Waals surface area contributed by atoms with Crippen LogP contribution >= 0.6 is 0 Å². The van der Waals surface area contributed by atoms with Crippen LogP contribution in [0.1, 0.15) is 18.5 Å². The highest BCUT2D eigenvalue weighted by molar-refractivity contribution is 7.89. The molecule has 0 radical (unpaired) electrons. The van der Waals surface area contributed by atoms with Gasteiger partial charge in [0, 0.05) is 39.0 Å². The molecule has 0 spiro atoms. The Kier molecular flexibility index (Phi) is 6.10. The maximum absolute atomic E-state index is 11.8. The van der Waals surface area contributed by atoms with Crippen LogP contribution in [0, 0.1) is 0 Å². The summed E-state index contributed by atoms with van der Waals surface area (Å²) in [5.41, 5.74) is 1.05. The summed E-state index contributed by atoms with van der Waals surface area (Å²) in [5.74, 6) is 0.0254. The van der Waals surface area contributed by atoms with Crippen molar-refractivity contribution >= 4 is 10.0 Å². The number of sulfonamides is 1. The van der Waals surface area contributed by atoms with E-state index in [-0.39, 0.29) is 18.4 Å². The standard InChI is InChI=1S/C14H23N3O3S/c1-20-10-11-21(18,19)16-13-5-8-17(9-6-13)12-14-4-2-3-7-15-14/h2-4,7,13,16H,5-6,8-12H2,1H3. The van der Waals surface area contributed by atoms with Crippen molar-refractivity contribution in [3.8, 4) is 0 Å². The number of piperidine rings is 1. The van der Waals surface area contributed by atoms with Crippen molar-refractivity contribution in [1.29, 1.82) is 0 Å². The number of rotatable bonds is 7. The Bertz CT molecular complexity index is 514. The Morgan fingerprint density at radius 3 is 2.76 bits per heavy atom. The van der Waals surface area contributed by atoms with Gasteiger partial charge < -0.3 is 4.74 Å². The van der Waals surface area contributed by atoms with E-state index < -0.39 is 10.0 Å². The first-order chi connectivity index (χ1) is 10.1. The van der Waals surface area contributed by atoms with Gasteiger partial charge in [-0.25, -0.2) is 13.1 Å². The zero-order valence-electron chi connectivity index (χ0n) is 12.4. The summed E-state index contributed by atoms with van der Waals surface area (Å²) in [6, 6.07) is 5.94. The topological polar surface area (TPSA) is 71.5 Å². The summed E-state index contributed by atoms with van der Waals surface area (Å²) in [4.78, 5) is 6.63. The van der Waals surface area contributed by atoms with Crippen molar-refractivity contribution in [3.05, 3.63) is 30.1 Å². The third-order valence-electron chi connectivity index (χ3n) is 3.60. The lowest BCUT2D eigenvalue weighted by molar-refractivity contribution is 0.197. The van der Waals surface area contributed by atoms with E-state index in [2.05, 4.69) is 14.6 Å². The van der Waals surface area contributed by atoms with Gasteiger partial charge in [0.1, 0.15) is 0 Å². The van der Waals surface area contributed by atoms with Crippen LogP contribution in [0.15, 0.2) is 24.4 Å². The molecule has 0 amide bonds. The van der Waals surface area contributed by atoms with Gasteiger partial charge in [0.2, 0.25) is 10.0 Å². The van der Waals surface area contributed by atoms with Crippen LogP contribution in [0.3, 0.4) is 0 Å². The first kappa shape index (κ1) is 16.4. The maximum Gasteiger partial charge on any atom is 0.214 e. The van der Waals surface area contributed by atoms with Crippen LogP contribution in [0.4, 0.5) is 0 Å². The highest BCUT2D eigenvalue weighted by Gasteiger charge is 2.23. The summed E-state index contributed by atoms with van der Waals surface area (Å²) in [6.45, 7) is 2.82. The second kappa shape index (κ2) is 7.84.